The first-order valence-electron chi connectivity index (χ1n) is 9.16. The molecule has 0 atom stereocenters. The maximum absolute atomic E-state index is 6.13. The number of ether oxygens (including phenoxy) is 3. The van der Waals surface area contributed by atoms with E-state index in [4.69, 9.17) is 25.8 Å². The van der Waals surface area contributed by atoms with Crippen LogP contribution in [0, 0.1) is 0 Å². The smallest absolute Gasteiger partial charge is 0.160 e. The number of rotatable bonds is 7. The summed E-state index contributed by atoms with van der Waals surface area (Å²) in [6.45, 7) is 5.11. The molecule has 1 heterocycles. The minimum Gasteiger partial charge on any atom is -0.495 e. The topological polar surface area (TPSA) is 34.2 Å². The predicted molar refractivity (Wildman–Crippen MR) is 110 cm³/mol. The molecule has 0 bridgehead atoms. The molecule has 0 radical (unpaired) electrons. The van der Waals surface area contributed by atoms with Gasteiger partial charge in [0.1, 0.15) is 5.75 Å². The van der Waals surface area contributed by atoms with Crippen LogP contribution in [0.15, 0.2) is 36.4 Å². The third-order valence-corrected chi connectivity index (χ3v) is 5.35. The minimum atomic E-state index is 0.648. The molecular formula is C21H27ClN2O3. The van der Waals surface area contributed by atoms with Crippen molar-refractivity contribution < 1.29 is 14.2 Å². The molecule has 1 fully saturated rings. The number of hydrogen-bond donors (Lipinski definition) is 0. The van der Waals surface area contributed by atoms with Gasteiger partial charge in [-0.05, 0) is 36.2 Å². The van der Waals surface area contributed by atoms with Gasteiger partial charge in [0, 0.05) is 44.5 Å². The highest BCUT2D eigenvalue weighted by Crippen LogP contribution is 2.30. The van der Waals surface area contributed by atoms with Crippen molar-refractivity contribution in [2.24, 2.45) is 0 Å². The summed E-state index contributed by atoms with van der Waals surface area (Å²) in [5, 5.41) is 0.648. The van der Waals surface area contributed by atoms with Crippen molar-refractivity contribution in [3.05, 3.63) is 47.0 Å². The fourth-order valence-corrected chi connectivity index (χ4v) is 3.59. The zero-order chi connectivity index (χ0) is 19.2. The SMILES string of the molecule is COc1cc(N2CCN(CCc3ccc(OC)c(OC)c3)CC2)ccc1Cl. The molecule has 1 aliphatic heterocycles. The molecule has 2 aromatic carbocycles. The number of nitrogens with zero attached hydrogens (tertiary/aromatic N) is 2. The molecule has 2 aromatic rings. The van der Waals surface area contributed by atoms with E-state index < -0.39 is 0 Å². The average molecular weight is 391 g/mol. The van der Waals surface area contributed by atoms with Gasteiger partial charge in [0.05, 0.1) is 26.4 Å². The van der Waals surface area contributed by atoms with Gasteiger partial charge < -0.3 is 19.1 Å². The monoisotopic (exact) mass is 390 g/mol. The summed E-state index contributed by atoms with van der Waals surface area (Å²) in [5.41, 5.74) is 2.42. The molecule has 6 heteroatoms. The summed E-state index contributed by atoms with van der Waals surface area (Å²) in [7, 11) is 4.98. The number of halogens is 1. The Bertz CT molecular complexity index is 761. The molecule has 0 unspecified atom stereocenters. The minimum absolute atomic E-state index is 0.648. The molecule has 27 heavy (non-hydrogen) atoms. The van der Waals surface area contributed by atoms with Crippen LogP contribution in [0.5, 0.6) is 17.2 Å². The average Bonchev–Trinajstić information content (AvgIpc) is 2.72. The summed E-state index contributed by atoms with van der Waals surface area (Å²) >= 11 is 6.13. The van der Waals surface area contributed by atoms with Crippen LogP contribution < -0.4 is 19.1 Å². The Balaban J connectivity index is 1.52. The van der Waals surface area contributed by atoms with E-state index in [1.807, 2.05) is 18.2 Å². The highest BCUT2D eigenvalue weighted by molar-refractivity contribution is 6.32. The van der Waals surface area contributed by atoms with Gasteiger partial charge in [-0.2, -0.15) is 0 Å². The maximum Gasteiger partial charge on any atom is 0.160 e. The van der Waals surface area contributed by atoms with Crippen molar-refractivity contribution in [1.29, 1.82) is 0 Å². The second-order valence-corrected chi connectivity index (χ2v) is 6.99. The first-order chi connectivity index (χ1) is 13.1. The van der Waals surface area contributed by atoms with Crippen molar-refractivity contribution >= 4 is 17.3 Å². The Morgan fingerprint density at radius 1 is 0.815 bits per heavy atom. The summed E-state index contributed by atoms with van der Waals surface area (Å²) in [6, 6.07) is 12.1. The van der Waals surface area contributed by atoms with Crippen LogP contribution in [0.1, 0.15) is 5.56 Å². The Kier molecular flexibility index (Phi) is 6.69. The summed E-state index contributed by atoms with van der Waals surface area (Å²) in [4.78, 5) is 4.88. The van der Waals surface area contributed by atoms with E-state index in [2.05, 4.69) is 28.0 Å². The number of methoxy groups -OCH3 is 3. The molecule has 3 rings (SSSR count). The second-order valence-electron chi connectivity index (χ2n) is 6.59. The van der Waals surface area contributed by atoms with E-state index in [9.17, 15) is 0 Å². The fourth-order valence-electron chi connectivity index (χ4n) is 3.40. The highest BCUT2D eigenvalue weighted by atomic mass is 35.5. The summed E-state index contributed by atoms with van der Waals surface area (Å²) in [5.74, 6) is 2.29. The molecule has 1 aliphatic rings. The van der Waals surface area contributed by atoms with Crippen molar-refractivity contribution in [3.8, 4) is 17.2 Å². The van der Waals surface area contributed by atoms with Crippen molar-refractivity contribution in [3.63, 3.8) is 0 Å². The van der Waals surface area contributed by atoms with E-state index >= 15 is 0 Å². The number of piperazine rings is 1. The standard InChI is InChI=1S/C21H27ClN2O3/c1-25-19-7-4-16(14-21(19)27-3)8-9-23-10-12-24(13-11-23)17-5-6-18(22)20(15-17)26-2/h4-7,14-15H,8-13H2,1-3H3. The van der Waals surface area contributed by atoms with Crippen molar-refractivity contribution in [2.45, 2.75) is 6.42 Å². The molecule has 0 aliphatic carbocycles. The number of benzene rings is 2. The molecule has 146 valence electrons. The van der Waals surface area contributed by atoms with E-state index in [1.54, 1.807) is 21.3 Å². The third kappa shape index (κ3) is 4.79. The Hall–Kier alpha value is -2.11. The number of hydrogen-bond acceptors (Lipinski definition) is 5. The zero-order valence-corrected chi connectivity index (χ0v) is 17.0. The van der Waals surface area contributed by atoms with Crippen molar-refractivity contribution in [2.75, 3.05) is 59.0 Å². The molecule has 0 spiro atoms. The first kappa shape index (κ1) is 19.6. The van der Waals surface area contributed by atoms with Gasteiger partial charge in [0.15, 0.2) is 11.5 Å². The summed E-state index contributed by atoms with van der Waals surface area (Å²) in [6.07, 6.45) is 0.995. The molecule has 0 saturated carbocycles. The zero-order valence-electron chi connectivity index (χ0n) is 16.2. The van der Waals surface area contributed by atoms with Crippen LogP contribution >= 0.6 is 11.6 Å². The van der Waals surface area contributed by atoms with Crippen LogP contribution in [0.3, 0.4) is 0 Å². The van der Waals surface area contributed by atoms with Gasteiger partial charge in [0.2, 0.25) is 0 Å². The first-order valence-corrected chi connectivity index (χ1v) is 9.54. The lowest BCUT2D eigenvalue weighted by molar-refractivity contribution is 0.260. The van der Waals surface area contributed by atoms with Crippen molar-refractivity contribution in [1.82, 2.24) is 4.90 Å². The van der Waals surface area contributed by atoms with Gasteiger partial charge in [0.25, 0.3) is 0 Å². The molecule has 0 N–H and O–H groups in total. The second kappa shape index (κ2) is 9.20. The number of anilines is 1. The van der Waals surface area contributed by atoms with Crippen LogP contribution in [0.4, 0.5) is 5.69 Å². The maximum atomic E-state index is 6.13. The normalized spacial score (nSPS) is 14.9. The van der Waals surface area contributed by atoms with Crippen LogP contribution in [0.25, 0.3) is 0 Å². The Labute approximate surface area is 166 Å². The quantitative estimate of drug-likeness (QED) is 0.719. The van der Waals surface area contributed by atoms with Gasteiger partial charge in [-0.25, -0.2) is 0 Å². The van der Waals surface area contributed by atoms with E-state index in [-0.39, 0.29) is 0 Å². The largest absolute Gasteiger partial charge is 0.495 e. The van der Waals surface area contributed by atoms with Crippen LogP contribution in [0.2, 0.25) is 5.02 Å². The molecule has 0 amide bonds. The lowest BCUT2D eigenvalue weighted by atomic mass is 10.1. The fraction of sp³-hybridized carbons (Fsp3) is 0.429. The lowest BCUT2D eigenvalue weighted by Crippen LogP contribution is -2.47. The lowest BCUT2D eigenvalue weighted by Gasteiger charge is -2.36. The highest BCUT2D eigenvalue weighted by Gasteiger charge is 2.18. The molecule has 0 aromatic heterocycles. The van der Waals surface area contributed by atoms with E-state index in [0.717, 1.165) is 62.1 Å². The van der Waals surface area contributed by atoms with Gasteiger partial charge >= 0.3 is 0 Å². The van der Waals surface area contributed by atoms with Crippen LogP contribution in [-0.4, -0.2) is 59.0 Å². The van der Waals surface area contributed by atoms with E-state index in [1.165, 1.54) is 5.56 Å². The van der Waals surface area contributed by atoms with Gasteiger partial charge in [-0.1, -0.05) is 17.7 Å². The van der Waals surface area contributed by atoms with Gasteiger partial charge in [-0.15, -0.1) is 0 Å². The predicted octanol–water partition coefficient (Wildman–Crippen LogP) is 3.73. The third-order valence-electron chi connectivity index (χ3n) is 5.04. The molecule has 5 nitrogen and oxygen atoms in total. The molecular weight excluding hydrogens is 364 g/mol. The Morgan fingerprint density at radius 3 is 2.19 bits per heavy atom. The van der Waals surface area contributed by atoms with E-state index in [0.29, 0.717) is 5.02 Å². The van der Waals surface area contributed by atoms with Gasteiger partial charge in [-0.3, -0.25) is 4.90 Å². The summed E-state index contributed by atoms with van der Waals surface area (Å²) < 4.78 is 16.0. The Morgan fingerprint density at radius 2 is 1.52 bits per heavy atom. The molecule has 1 saturated heterocycles. The van der Waals surface area contributed by atoms with Crippen LogP contribution in [-0.2, 0) is 6.42 Å².